The van der Waals surface area contributed by atoms with E-state index in [-0.39, 0.29) is 11.9 Å². The fourth-order valence-corrected chi connectivity index (χ4v) is 2.91. The summed E-state index contributed by atoms with van der Waals surface area (Å²) < 4.78 is 0.970. The summed E-state index contributed by atoms with van der Waals surface area (Å²) in [6.45, 7) is 0. The standard InChI is InChI=1S/C15H12BrClN2O/c16-10-4-6-12(7-5-10)19-14(13(18)15(19)20)9-2-1-3-11(17)8-9/h1-8,13-14H,18H2/t13-,14+/m0/s1. The molecule has 1 aliphatic heterocycles. The quantitative estimate of drug-likeness (QED) is 0.842. The summed E-state index contributed by atoms with van der Waals surface area (Å²) in [6.07, 6.45) is 0. The lowest BCUT2D eigenvalue weighted by atomic mass is 9.88. The summed E-state index contributed by atoms with van der Waals surface area (Å²) in [5.41, 5.74) is 7.75. The van der Waals surface area contributed by atoms with Crippen LogP contribution in [0.25, 0.3) is 0 Å². The van der Waals surface area contributed by atoms with Gasteiger partial charge in [-0.25, -0.2) is 0 Å². The highest BCUT2D eigenvalue weighted by Gasteiger charge is 2.46. The van der Waals surface area contributed by atoms with Crippen LogP contribution in [0.2, 0.25) is 5.02 Å². The van der Waals surface area contributed by atoms with Gasteiger partial charge in [-0.3, -0.25) is 4.79 Å². The Bertz CT molecular complexity index is 659. The van der Waals surface area contributed by atoms with Crippen LogP contribution in [0.4, 0.5) is 5.69 Å². The number of anilines is 1. The predicted octanol–water partition coefficient (Wildman–Crippen LogP) is 3.52. The minimum atomic E-state index is -0.517. The fraction of sp³-hybridized carbons (Fsp3) is 0.133. The zero-order valence-electron chi connectivity index (χ0n) is 10.5. The molecule has 0 bridgehead atoms. The van der Waals surface area contributed by atoms with Crippen molar-refractivity contribution in [2.45, 2.75) is 12.1 Å². The third-order valence-corrected chi connectivity index (χ3v) is 4.20. The molecule has 1 fully saturated rings. The maximum Gasteiger partial charge on any atom is 0.247 e. The summed E-state index contributed by atoms with van der Waals surface area (Å²) in [5, 5.41) is 0.643. The summed E-state index contributed by atoms with van der Waals surface area (Å²) in [4.78, 5) is 13.8. The second-order valence-electron chi connectivity index (χ2n) is 4.71. The van der Waals surface area contributed by atoms with Gasteiger partial charge in [-0.2, -0.15) is 0 Å². The van der Waals surface area contributed by atoms with E-state index >= 15 is 0 Å². The van der Waals surface area contributed by atoms with Gasteiger partial charge < -0.3 is 10.6 Å². The minimum absolute atomic E-state index is 0.0719. The van der Waals surface area contributed by atoms with Crippen molar-refractivity contribution in [2.24, 2.45) is 5.73 Å². The molecule has 1 amide bonds. The van der Waals surface area contributed by atoms with E-state index in [0.717, 1.165) is 15.7 Å². The molecule has 2 atom stereocenters. The number of rotatable bonds is 2. The Labute approximate surface area is 130 Å². The summed E-state index contributed by atoms with van der Waals surface area (Å²) >= 11 is 9.40. The van der Waals surface area contributed by atoms with Gasteiger partial charge in [0.2, 0.25) is 5.91 Å². The van der Waals surface area contributed by atoms with Crippen LogP contribution in [-0.2, 0) is 4.79 Å². The van der Waals surface area contributed by atoms with E-state index in [9.17, 15) is 4.79 Å². The molecule has 1 saturated heterocycles. The monoisotopic (exact) mass is 350 g/mol. The summed E-state index contributed by atoms with van der Waals surface area (Å²) in [7, 11) is 0. The molecule has 3 nitrogen and oxygen atoms in total. The first-order chi connectivity index (χ1) is 9.58. The number of halogens is 2. The van der Waals surface area contributed by atoms with E-state index < -0.39 is 6.04 Å². The van der Waals surface area contributed by atoms with Crippen molar-refractivity contribution >= 4 is 39.1 Å². The lowest BCUT2D eigenvalue weighted by Gasteiger charge is -2.45. The highest BCUT2D eigenvalue weighted by atomic mass is 79.9. The van der Waals surface area contributed by atoms with Gasteiger partial charge in [-0.15, -0.1) is 0 Å². The van der Waals surface area contributed by atoms with Crippen molar-refractivity contribution in [3.05, 3.63) is 63.6 Å². The second-order valence-corrected chi connectivity index (χ2v) is 6.06. The Morgan fingerprint density at radius 2 is 1.85 bits per heavy atom. The van der Waals surface area contributed by atoms with E-state index in [1.54, 1.807) is 11.0 Å². The first kappa shape index (κ1) is 13.6. The number of β-lactam (4-membered cyclic amide) rings is 1. The van der Waals surface area contributed by atoms with Gasteiger partial charge in [-0.1, -0.05) is 39.7 Å². The topological polar surface area (TPSA) is 46.3 Å². The summed E-state index contributed by atoms with van der Waals surface area (Å²) in [6, 6.07) is 14.4. The Balaban J connectivity index is 1.97. The molecule has 0 radical (unpaired) electrons. The molecule has 20 heavy (non-hydrogen) atoms. The highest BCUT2D eigenvalue weighted by molar-refractivity contribution is 9.10. The number of nitrogens with zero attached hydrogens (tertiary/aromatic N) is 1. The van der Waals surface area contributed by atoms with Gasteiger partial charge in [0.25, 0.3) is 0 Å². The fourth-order valence-electron chi connectivity index (χ4n) is 2.45. The van der Waals surface area contributed by atoms with Crippen molar-refractivity contribution < 1.29 is 4.79 Å². The lowest BCUT2D eigenvalue weighted by molar-refractivity contribution is -0.126. The Hall–Kier alpha value is -1.36. The maximum absolute atomic E-state index is 12.1. The SMILES string of the molecule is N[C@@H]1C(=O)N(c2ccc(Br)cc2)[C@@H]1c1cccc(Cl)c1. The molecule has 2 N–H and O–H groups in total. The first-order valence-corrected chi connectivity index (χ1v) is 7.35. The van der Waals surface area contributed by atoms with Crippen LogP contribution < -0.4 is 10.6 Å². The van der Waals surface area contributed by atoms with Crippen LogP contribution in [0, 0.1) is 0 Å². The molecule has 3 rings (SSSR count). The van der Waals surface area contributed by atoms with Crippen molar-refractivity contribution in [3.63, 3.8) is 0 Å². The number of carbonyl (C=O) groups is 1. The molecule has 0 spiro atoms. The van der Waals surface area contributed by atoms with Crippen molar-refractivity contribution in [1.82, 2.24) is 0 Å². The Morgan fingerprint density at radius 3 is 2.50 bits per heavy atom. The molecule has 102 valence electrons. The maximum atomic E-state index is 12.1. The zero-order valence-corrected chi connectivity index (χ0v) is 12.8. The molecule has 2 aromatic rings. The predicted molar refractivity (Wildman–Crippen MR) is 83.8 cm³/mol. The number of nitrogens with two attached hydrogens (primary N) is 1. The van der Waals surface area contributed by atoms with E-state index in [4.69, 9.17) is 17.3 Å². The van der Waals surface area contributed by atoms with Gasteiger partial charge in [0, 0.05) is 15.2 Å². The van der Waals surface area contributed by atoms with E-state index in [0.29, 0.717) is 5.02 Å². The lowest BCUT2D eigenvalue weighted by Crippen LogP contribution is -2.63. The first-order valence-electron chi connectivity index (χ1n) is 6.17. The van der Waals surface area contributed by atoms with Crippen molar-refractivity contribution in [1.29, 1.82) is 0 Å². The van der Waals surface area contributed by atoms with Crippen LogP contribution in [0.5, 0.6) is 0 Å². The van der Waals surface area contributed by atoms with Gasteiger partial charge in [0.15, 0.2) is 0 Å². The van der Waals surface area contributed by atoms with E-state index in [1.165, 1.54) is 0 Å². The molecule has 2 aromatic carbocycles. The molecule has 5 heteroatoms. The Morgan fingerprint density at radius 1 is 1.15 bits per heavy atom. The molecular weight excluding hydrogens is 340 g/mol. The molecule has 0 saturated carbocycles. The zero-order chi connectivity index (χ0) is 14.3. The van der Waals surface area contributed by atoms with E-state index in [1.807, 2.05) is 42.5 Å². The van der Waals surface area contributed by atoms with Crippen molar-refractivity contribution in [2.75, 3.05) is 4.90 Å². The van der Waals surface area contributed by atoms with Crippen LogP contribution in [0.3, 0.4) is 0 Å². The van der Waals surface area contributed by atoms with Crippen LogP contribution in [-0.4, -0.2) is 11.9 Å². The molecule has 1 aliphatic rings. The molecule has 0 aromatic heterocycles. The molecule has 0 aliphatic carbocycles. The van der Waals surface area contributed by atoms with Crippen molar-refractivity contribution in [3.8, 4) is 0 Å². The number of amides is 1. The molecule has 1 heterocycles. The third kappa shape index (κ3) is 2.24. The average Bonchev–Trinajstić information content (AvgIpc) is 2.45. The number of hydrogen-bond donors (Lipinski definition) is 1. The average molecular weight is 352 g/mol. The molecular formula is C15H12BrClN2O. The largest absolute Gasteiger partial charge is 0.318 e. The highest BCUT2D eigenvalue weighted by Crippen LogP contribution is 2.38. The van der Waals surface area contributed by atoms with Gasteiger partial charge >= 0.3 is 0 Å². The minimum Gasteiger partial charge on any atom is -0.318 e. The molecule has 0 unspecified atom stereocenters. The third-order valence-electron chi connectivity index (χ3n) is 3.44. The van der Waals surface area contributed by atoms with Gasteiger partial charge in [-0.05, 0) is 42.0 Å². The van der Waals surface area contributed by atoms with Crippen LogP contribution in [0.1, 0.15) is 11.6 Å². The normalized spacial score (nSPS) is 21.8. The number of benzene rings is 2. The van der Waals surface area contributed by atoms with E-state index in [2.05, 4.69) is 15.9 Å². The number of carbonyl (C=O) groups excluding carboxylic acids is 1. The van der Waals surface area contributed by atoms with Crippen LogP contribution >= 0.6 is 27.5 Å². The van der Waals surface area contributed by atoms with Crippen LogP contribution in [0.15, 0.2) is 53.0 Å². The number of hydrogen-bond acceptors (Lipinski definition) is 2. The smallest absolute Gasteiger partial charge is 0.247 e. The Kier molecular flexibility index (Phi) is 3.54. The second kappa shape index (κ2) is 5.20. The van der Waals surface area contributed by atoms with Gasteiger partial charge in [0.05, 0.1) is 6.04 Å². The summed E-state index contributed by atoms with van der Waals surface area (Å²) in [5.74, 6) is -0.0719. The van der Waals surface area contributed by atoms with Gasteiger partial charge in [0.1, 0.15) is 6.04 Å².